The number of benzene rings is 3. The van der Waals surface area contributed by atoms with Gasteiger partial charge in [-0.1, -0.05) is 77.1 Å². The van der Waals surface area contributed by atoms with E-state index in [4.69, 9.17) is 12.9 Å². The molecule has 2 heterocycles. The Hall–Kier alpha value is -2.05. The fraction of sp³-hybridized carbons (Fsp3) is 0.455. The van der Waals surface area contributed by atoms with Crippen LogP contribution in [0.5, 0.6) is 0 Å². The second-order valence-electron chi connectivity index (χ2n) is 10.9. The van der Waals surface area contributed by atoms with Crippen molar-refractivity contribution < 1.29 is 12.9 Å². The Labute approximate surface area is 230 Å². The lowest BCUT2D eigenvalue weighted by molar-refractivity contribution is 0.433. The quantitative estimate of drug-likeness (QED) is 0.185. The van der Waals surface area contributed by atoms with Gasteiger partial charge in [-0.3, -0.25) is 4.52 Å². The third-order valence-corrected chi connectivity index (χ3v) is 11.7. The zero-order valence-corrected chi connectivity index (χ0v) is 25.3. The Morgan fingerprint density at radius 2 is 1.39 bits per heavy atom. The highest BCUT2D eigenvalue weighted by Crippen LogP contribution is 2.59. The SMILES string of the molecule is CCCCc1cc(C)cc2c1op(OCP1CCC[C@H]1c1ccccc1)oc1c(CCCC)cc(C)cc12. The number of hydrogen-bond donors (Lipinski definition) is 0. The molecule has 0 radical (unpaired) electrons. The van der Waals surface area contributed by atoms with Crippen molar-refractivity contribution in [3.05, 3.63) is 82.4 Å². The second-order valence-corrected chi connectivity index (χ2v) is 14.4. The van der Waals surface area contributed by atoms with E-state index < -0.39 is 8.24 Å². The predicted octanol–water partition coefficient (Wildman–Crippen LogP) is 11.0. The zero-order chi connectivity index (χ0) is 26.5. The number of aryl methyl sites for hydroxylation is 4. The maximum atomic E-state index is 6.75. The molecule has 4 aromatic rings. The fourth-order valence-corrected chi connectivity index (χ4v) is 9.99. The van der Waals surface area contributed by atoms with Crippen LogP contribution in [-0.4, -0.2) is 12.5 Å². The predicted molar refractivity (Wildman–Crippen MR) is 165 cm³/mol. The van der Waals surface area contributed by atoms with Crippen LogP contribution in [0.3, 0.4) is 0 Å². The molecule has 2 atom stereocenters. The third kappa shape index (κ3) is 6.22. The molecule has 1 aliphatic rings. The molecule has 0 spiro atoms. The van der Waals surface area contributed by atoms with E-state index >= 15 is 0 Å². The second kappa shape index (κ2) is 12.9. The first-order chi connectivity index (χ1) is 18.6. The Morgan fingerprint density at radius 1 is 0.816 bits per heavy atom. The lowest BCUT2D eigenvalue weighted by Crippen LogP contribution is -1.99. The summed E-state index contributed by atoms with van der Waals surface area (Å²) in [5.41, 5.74) is 9.11. The van der Waals surface area contributed by atoms with Gasteiger partial charge in [-0.15, -0.1) is 0 Å². The lowest BCUT2D eigenvalue weighted by Gasteiger charge is -2.19. The summed E-state index contributed by atoms with van der Waals surface area (Å²) in [5, 5.41) is 2.32. The van der Waals surface area contributed by atoms with Crippen LogP contribution < -0.4 is 4.52 Å². The summed E-state index contributed by atoms with van der Waals surface area (Å²) in [6, 6.07) is 20.2. The summed E-state index contributed by atoms with van der Waals surface area (Å²) in [6.07, 6.45) is 11.2. The monoisotopic (exact) mass is 548 g/mol. The molecule has 0 aliphatic carbocycles. The van der Waals surface area contributed by atoms with Crippen LogP contribution in [0.15, 0.2) is 63.0 Å². The molecule has 0 amide bonds. The van der Waals surface area contributed by atoms with Crippen LogP contribution >= 0.6 is 16.2 Å². The summed E-state index contributed by atoms with van der Waals surface area (Å²) < 4.78 is 20.1. The average molecular weight is 549 g/mol. The number of hydrogen-bond acceptors (Lipinski definition) is 3. The van der Waals surface area contributed by atoms with Crippen LogP contribution in [-0.2, 0) is 12.8 Å². The van der Waals surface area contributed by atoms with Crippen LogP contribution in [0, 0.1) is 13.8 Å². The van der Waals surface area contributed by atoms with Crippen molar-refractivity contribution >= 4 is 38.1 Å². The zero-order valence-electron chi connectivity index (χ0n) is 23.5. The van der Waals surface area contributed by atoms with Crippen molar-refractivity contribution in [1.82, 2.24) is 0 Å². The molecule has 3 nitrogen and oxygen atoms in total. The van der Waals surface area contributed by atoms with E-state index in [9.17, 15) is 0 Å². The number of unbranched alkanes of at least 4 members (excludes halogenated alkanes) is 2. The van der Waals surface area contributed by atoms with E-state index in [1.165, 1.54) is 46.8 Å². The molecular weight excluding hydrogens is 506 g/mol. The van der Waals surface area contributed by atoms with Gasteiger partial charge < -0.3 is 8.39 Å². The average Bonchev–Trinajstić information content (AvgIpc) is 3.34. The summed E-state index contributed by atoms with van der Waals surface area (Å²) in [4.78, 5) is 0. The van der Waals surface area contributed by atoms with Crippen LogP contribution in [0.4, 0.5) is 0 Å². The first kappa shape index (κ1) is 27.5. The summed E-state index contributed by atoms with van der Waals surface area (Å²) >= 11 is 0. The molecule has 1 saturated heterocycles. The van der Waals surface area contributed by atoms with Gasteiger partial charge >= 0.3 is 8.24 Å². The molecular formula is C33H42O3P2. The largest absolute Gasteiger partial charge is 0.399 e. The van der Waals surface area contributed by atoms with E-state index in [-0.39, 0.29) is 7.92 Å². The molecule has 1 aromatic heterocycles. The van der Waals surface area contributed by atoms with Crippen molar-refractivity contribution in [2.75, 3.05) is 12.5 Å². The van der Waals surface area contributed by atoms with Gasteiger partial charge in [-0.05, 0) is 98.5 Å². The third-order valence-electron chi connectivity index (χ3n) is 7.72. The Morgan fingerprint density at radius 3 is 1.95 bits per heavy atom. The van der Waals surface area contributed by atoms with E-state index in [2.05, 4.69) is 82.3 Å². The maximum Gasteiger partial charge on any atom is 0.387 e. The Balaban J connectivity index is 1.61. The molecule has 0 N–H and O–H groups in total. The minimum atomic E-state index is -1.54. The maximum absolute atomic E-state index is 6.75. The van der Waals surface area contributed by atoms with E-state index in [1.54, 1.807) is 0 Å². The van der Waals surface area contributed by atoms with Gasteiger partial charge in [0.05, 0.1) is 6.35 Å². The molecule has 1 fully saturated rings. The van der Waals surface area contributed by atoms with E-state index in [1.807, 2.05) is 0 Å². The lowest BCUT2D eigenvalue weighted by atomic mass is 9.97. The molecule has 0 saturated carbocycles. The topological polar surface area (TPSA) is 35.5 Å². The summed E-state index contributed by atoms with van der Waals surface area (Å²) in [7, 11) is -1.80. The first-order valence-electron chi connectivity index (χ1n) is 14.4. The molecule has 3 aromatic carbocycles. The van der Waals surface area contributed by atoms with Gasteiger partial charge in [0.1, 0.15) is 11.2 Å². The Kier molecular flexibility index (Phi) is 9.32. The molecule has 202 valence electrons. The van der Waals surface area contributed by atoms with Gasteiger partial charge in [0.2, 0.25) is 0 Å². The molecule has 38 heavy (non-hydrogen) atoms. The minimum Gasteiger partial charge on any atom is -0.399 e. The standard InChI is InChI=1S/C33H42O3P2/c1-5-7-13-27-19-24(3)21-29-30-22-25(4)20-28(14-8-6-2)33(30)36-38(35-32(27)29)34-23-37-18-12-17-31(37)26-15-10-9-11-16-26/h9-11,15-16,19-22,31H,5-8,12-14,17-18,23H2,1-4H3/t31-,37?/m0/s1. The highest BCUT2D eigenvalue weighted by Gasteiger charge is 2.29. The van der Waals surface area contributed by atoms with E-state index in [0.717, 1.165) is 66.8 Å². The van der Waals surface area contributed by atoms with Crippen molar-refractivity contribution in [1.29, 1.82) is 0 Å². The minimum absolute atomic E-state index is 0.263. The fourth-order valence-electron chi connectivity index (χ4n) is 5.79. The van der Waals surface area contributed by atoms with Crippen molar-refractivity contribution in [2.45, 2.75) is 84.7 Å². The molecule has 5 heteroatoms. The summed E-state index contributed by atoms with van der Waals surface area (Å²) in [5.74, 6) is 0. The Bertz CT molecular complexity index is 1330. The highest BCUT2D eigenvalue weighted by molar-refractivity contribution is 7.58. The van der Waals surface area contributed by atoms with Crippen LogP contribution in [0.25, 0.3) is 21.9 Å². The normalized spacial score (nSPS) is 17.5. The van der Waals surface area contributed by atoms with Crippen molar-refractivity contribution in [3.63, 3.8) is 0 Å². The number of fused-ring (bicyclic) bond motifs is 3. The van der Waals surface area contributed by atoms with Gasteiger partial charge in [-0.25, -0.2) is 0 Å². The highest BCUT2D eigenvalue weighted by atomic mass is 31.1. The molecule has 0 bridgehead atoms. The van der Waals surface area contributed by atoms with E-state index in [0.29, 0.717) is 5.66 Å². The van der Waals surface area contributed by atoms with Crippen LogP contribution in [0.2, 0.25) is 0 Å². The van der Waals surface area contributed by atoms with Gasteiger partial charge in [0, 0.05) is 16.4 Å². The summed E-state index contributed by atoms with van der Waals surface area (Å²) in [6.45, 7) is 8.89. The molecule has 5 rings (SSSR count). The number of rotatable bonds is 10. The van der Waals surface area contributed by atoms with Crippen molar-refractivity contribution in [3.8, 4) is 0 Å². The van der Waals surface area contributed by atoms with Gasteiger partial charge in [0.25, 0.3) is 0 Å². The first-order valence-corrected chi connectivity index (χ1v) is 17.3. The van der Waals surface area contributed by atoms with Gasteiger partial charge in [0.15, 0.2) is 0 Å². The smallest absolute Gasteiger partial charge is 0.387 e. The molecule has 1 unspecified atom stereocenters. The molecule has 1 aliphatic heterocycles. The van der Waals surface area contributed by atoms with Crippen LogP contribution in [0.1, 0.15) is 85.8 Å². The van der Waals surface area contributed by atoms with Gasteiger partial charge in [-0.2, -0.15) is 0 Å². The van der Waals surface area contributed by atoms with Crippen molar-refractivity contribution in [2.24, 2.45) is 0 Å².